The number of hydrogen-bond acceptors (Lipinski definition) is 2. The third-order valence-electron chi connectivity index (χ3n) is 5.14. The van der Waals surface area contributed by atoms with Crippen LogP contribution < -0.4 is 5.32 Å². The molecule has 2 nitrogen and oxygen atoms in total. The van der Waals surface area contributed by atoms with Crippen LogP contribution in [0.4, 0.5) is 0 Å². The second-order valence-electron chi connectivity index (χ2n) is 6.83. The fraction of sp³-hybridized carbons (Fsp3) is 1.00. The summed E-state index contributed by atoms with van der Waals surface area (Å²) in [5.41, 5.74) is 0. The molecule has 0 bridgehead atoms. The lowest BCUT2D eigenvalue weighted by Gasteiger charge is -2.32. The third kappa shape index (κ3) is 3.96. The van der Waals surface area contributed by atoms with E-state index in [9.17, 15) is 5.11 Å². The Hall–Kier alpha value is -0.0800. The van der Waals surface area contributed by atoms with Crippen LogP contribution in [0.2, 0.25) is 0 Å². The molecular weight excluding hydrogens is 222 g/mol. The van der Waals surface area contributed by atoms with Crippen molar-refractivity contribution < 1.29 is 5.11 Å². The highest BCUT2D eigenvalue weighted by Gasteiger charge is 2.27. The predicted octanol–water partition coefficient (Wildman–Crippen LogP) is 3.48. The molecule has 18 heavy (non-hydrogen) atoms. The van der Waals surface area contributed by atoms with Crippen molar-refractivity contribution in [1.29, 1.82) is 0 Å². The molecule has 4 unspecified atom stereocenters. The number of nitrogens with one attached hydrogen (secondary N) is 1. The normalized spacial score (nSPS) is 38.7. The summed E-state index contributed by atoms with van der Waals surface area (Å²) in [6, 6.07) is 1.03. The zero-order valence-corrected chi connectivity index (χ0v) is 12.2. The maximum Gasteiger partial charge on any atom is 0.0693 e. The Morgan fingerprint density at radius 2 is 1.67 bits per heavy atom. The van der Waals surface area contributed by atoms with Gasteiger partial charge in [-0.2, -0.15) is 0 Å². The average molecular weight is 253 g/mol. The van der Waals surface area contributed by atoms with Gasteiger partial charge in [0.15, 0.2) is 0 Å². The first-order valence-corrected chi connectivity index (χ1v) is 8.11. The Labute approximate surface area is 113 Å². The minimum absolute atomic E-state index is 0.0945. The Morgan fingerprint density at radius 3 is 2.39 bits per heavy atom. The zero-order chi connectivity index (χ0) is 13.0. The molecule has 2 rings (SSSR count). The van der Waals surface area contributed by atoms with Crippen LogP contribution >= 0.6 is 0 Å². The van der Waals surface area contributed by atoms with Crippen LogP contribution in [0.15, 0.2) is 0 Å². The van der Waals surface area contributed by atoms with Crippen LogP contribution in [0.5, 0.6) is 0 Å². The van der Waals surface area contributed by atoms with E-state index in [4.69, 9.17) is 0 Å². The van der Waals surface area contributed by atoms with Crippen molar-refractivity contribution in [3.63, 3.8) is 0 Å². The van der Waals surface area contributed by atoms with Crippen LogP contribution in [0.3, 0.4) is 0 Å². The van der Waals surface area contributed by atoms with Gasteiger partial charge in [0, 0.05) is 12.1 Å². The van der Waals surface area contributed by atoms with Crippen LogP contribution in [0.25, 0.3) is 0 Å². The van der Waals surface area contributed by atoms with Crippen molar-refractivity contribution in [2.45, 2.75) is 89.8 Å². The van der Waals surface area contributed by atoms with Gasteiger partial charge in [0.25, 0.3) is 0 Å². The van der Waals surface area contributed by atoms with Gasteiger partial charge in [-0.05, 0) is 43.9 Å². The summed E-state index contributed by atoms with van der Waals surface area (Å²) >= 11 is 0. The summed E-state index contributed by atoms with van der Waals surface area (Å²) in [6.07, 6.45) is 11.3. The first-order chi connectivity index (χ1) is 8.66. The molecule has 2 aliphatic rings. The van der Waals surface area contributed by atoms with Gasteiger partial charge in [-0.3, -0.25) is 0 Å². The Bertz CT molecular complexity index is 241. The van der Waals surface area contributed by atoms with Gasteiger partial charge >= 0.3 is 0 Å². The van der Waals surface area contributed by atoms with Gasteiger partial charge in [0.05, 0.1) is 6.10 Å². The van der Waals surface area contributed by atoms with Crippen molar-refractivity contribution in [1.82, 2.24) is 5.32 Å². The second-order valence-corrected chi connectivity index (χ2v) is 6.83. The molecule has 0 spiro atoms. The standard InChI is InChI=1S/C16H31NO/c1-12(2)13-6-5-7-14(11-10-13)17-15-8-3-4-9-16(15)18/h12-18H,3-11H2,1-2H3. The minimum atomic E-state index is -0.0945. The van der Waals surface area contributed by atoms with E-state index < -0.39 is 0 Å². The molecule has 0 heterocycles. The molecule has 0 aromatic carbocycles. The zero-order valence-electron chi connectivity index (χ0n) is 12.2. The van der Waals surface area contributed by atoms with Gasteiger partial charge in [-0.1, -0.05) is 39.5 Å². The first-order valence-electron chi connectivity index (χ1n) is 8.11. The number of aliphatic hydroxyl groups is 1. The second kappa shape index (κ2) is 6.91. The molecular formula is C16H31NO. The largest absolute Gasteiger partial charge is 0.392 e. The van der Waals surface area contributed by atoms with Gasteiger partial charge in [0.1, 0.15) is 0 Å². The lowest BCUT2D eigenvalue weighted by Crippen LogP contribution is -2.46. The van der Waals surface area contributed by atoms with Crippen molar-refractivity contribution >= 4 is 0 Å². The number of hydrogen-bond donors (Lipinski definition) is 2. The smallest absolute Gasteiger partial charge is 0.0693 e. The molecule has 2 heteroatoms. The maximum absolute atomic E-state index is 10.0. The molecule has 0 aromatic heterocycles. The summed E-state index contributed by atoms with van der Waals surface area (Å²) < 4.78 is 0. The predicted molar refractivity (Wildman–Crippen MR) is 76.6 cm³/mol. The Morgan fingerprint density at radius 1 is 0.889 bits per heavy atom. The highest BCUT2D eigenvalue weighted by molar-refractivity contribution is 4.85. The number of rotatable bonds is 3. The summed E-state index contributed by atoms with van der Waals surface area (Å²) in [6.45, 7) is 4.73. The third-order valence-corrected chi connectivity index (χ3v) is 5.14. The molecule has 106 valence electrons. The molecule has 2 aliphatic carbocycles. The molecule has 4 atom stereocenters. The molecule has 2 N–H and O–H groups in total. The number of aliphatic hydroxyl groups excluding tert-OH is 1. The highest BCUT2D eigenvalue weighted by atomic mass is 16.3. The lowest BCUT2D eigenvalue weighted by atomic mass is 9.88. The monoisotopic (exact) mass is 253 g/mol. The quantitative estimate of drug-likeness (QED) is 0.755. The van der Waals surface area contributed by atoms with Crippen molar-refractivity contribution in [3.8, 4) is 0 Å². The lowest BCUT2D eigenvalue weighted by molar-refractivity contribution is 0.0834. The maximum atomic E-state index is 10.0. The SMILES string of the molecule is CC(C)C1CCCC(NC2CCCCC2O)CC1. The molecule has 0 aromatic rings. The molecule has 2 fully saturated rings. The van der Waals surface area contributed by atoms with Crippen molar-refractivity contribution in [2.24, 2.45) is 11.8 Å². The van der Waals surface area contributed by atoms with E-state index in [0.29, 0.717) is 12.1 Å². The van der Waals surface area contributed by atoms with E-state index in [-0.39, 0.29) is 6.10 Å². The molecule has 0 saturated heterocycles. The first kappa shape index (κ1) is 14.3. The van der Waals surface area contributed by atoms with E-state index in [1.54, 1.807) is 0 Å². The molecule has 0 amide bonds. The van der Waals surface area contributed by atoms with E-state index in [1.165, 1.54) is 51.4 Å². The fourth-order valence-corrected chi connectivity index (χ4v) is 3.77. The van der Waals surface area contributed by atoms with Gasteiger partial charge in [0.2, 0.25) is 0 Å². The average Bonchev–Trinajstić information content (AvgIpc) is 2.58. The Kier molecular flexibility index (Phi) is 5.50. The van der Waals surface area contributed by atoms with Crippen LogP contribution in [-0.2, 0) is 0 Å². The van der Waals surface area contributed by atoms with Crippen LogP contribution in [-0.4, -0.2) is 23.3 Å². The summed E-state index contributed by atoms with van der Waals surface area (Å²) in [4.78, 5) is 0. The van der Waals surface area contributed by atoms with Crippen molar-refractivity contribution in [3.05, 3.63) is 0 Å². The molecule has 0 aliphatic heterocycles. The van der Waals surface area contributed by atoms with E-state index in [0.717, 1.165) is 18.3 Å². The van der Waals surface area contributed by atoms with Gasteiger partial charge < -0.3 is 10.4 Å². The topological polar surface area (TPSA) is 32.3 Å². The summed E-state index contributed by atoms with van der Waals surface area (Å²) in [5, 5.41) is 13.8. The minimum Gasteiger partial charge on any atom is -0.392 e. The van der Waals surface area contributed by atoms with Crippen molar-refractivity contribution in [2.75, 3.05) is 0 Å². The highest BCUT2D eigenvalue weighted by Crippen LogP contribution is 2.29. The van der Waals surface area contributed by atoms with E-state index in [2.05, 4.69) is 19.2 Å². The fourth-order valence-electron chi connectivity index (χ4n) is 3.77. The molecule has 0 radical (unpaired) electrons. The van der Waals surface area contributed by atoms with Gasteiger partial charge in [-0.25, -0.2) is 0 Å². The van der Waals surface area contributed by atoms with E-state index in [1.807, 2.05) is 0 Å². The summed E-state index contributed by atoms with van der Waals surface area (Å²) in [7, 11) is 0. The van der Waals surface area contributed by atoms with Crippen LogP contribution in [0, 0.1) is 11.8 Å². The van der Waals surface area contributed by atoms with E-state index >= 15 is 0 Å². The van der Waals surface area contributed by atoms with Crippen LogP contribution in [0.1, 0.15) is 71.6 Å². The molecule has 2 saturated carbocycles. The van der Waals surface area contributed by atoms with Gasteiger partial charge in [-0.15, -0.1) is 0 Å². The Balaban J connectivity index is 1.79. The summed E-state index contributed by atoms with van der Waals surface area (Å²) in [5.74, 6) is 1.76.